The average molecular weight is 341 g/mol. The van der Waals surface area contributed by atoms with E-state index in [0.717, 1.165) is 24.2 Å². The van der Waals surface area contributed by atoms with Crippen LogP contribution in [0.5, 0.6) is 0 Å². The molecular weight excluding hydrogens is 314 g/mol. The third-order valence-corrected chi connectivity index (χ3v) is 8.58. The van der Waals surface area contributed by atoms with Crippen LogP contribution >= 0.6 is 0 Å². The second-order valence-corrected chi connectivity index (χ2v) is 9.37. The normalized spacial score (nSPS) is 47.0. The number of Topliss-reactive ketones (excluding diaryl/α,β-unsaturated/α-hetero) is 2. The van der Waals surface area contributed by atoms with E-state index in [2.05, 4.69) is 11.9 Å². The molecule has 2 bridgehead atoms. The molecular formula is C21H27NO3. The third kappa shape index (κ3) is 1.86. The predicted molar refractivity (Wildman–Crippen MR) is 92.5 cm³/mol. The summed E-state index contributed by atoms with van der Waals surface area (Å²) in [5.41, 5.74) is -0.0269. The molecule has 0 aliphatic heterocycles. The summed E-state index contributed by atoms with van der Waals surface area (Å²) < 4.78 is 0. The number of nitrogens with one attached hydrogen (secondary N) is 1. The van der Waals surface area contributed by atoms with Crippen molar-refractivity contribution in [1.29, 1.82) is 0 Å². The number of hydrogen-bond donors (Lipinski definition) is 1. The van der Waals surface area contributed by atoms with Crippen LogP contribution in [0.25, 0.3) is 0 Å². The first kappa shape index (κ1) is 15.8. The van der Waals surface area contributed by atoms with Crippen molar-refractivity contribution >= 4 is 17.5 Å². The summed E-state index contributed by atoms with van der Waals surface area (Å²) in [6.07, 6.45) is 8.91. The first-order chi connectivity index (χ1) is 12.0. The molecule has 0 heterocycles. The van der Waals surface area contributed by atoms with Gasteiger partial charge in [-0.25, -0.2) is 0 Å². The number of carbonyl (C=O) groups excluding carboxylic acids is 3. The molecule has 0 aromatic carbocycles. The van der Waals surface area contributed by atoms with Crippen molar-refractivity contribution < 1.29 is 14.4 Å². The first-order valence-electron chi connectivity index (χ1n) is 10.0. The maximum absolute atomic E-state index is 12.8. The van der Waals surface area contributed by atoms with Crippen LogP contribution in [0.15, 0.2) is 12.2 Å². The Morgan fingerprint density at radius 3 is 2.84 bits per heavy atom. The highest BCUT2D eigenvalue weighted by Crippen LogP contribution is 2.74. The highest BCUT2D eigenvalue weighted by atomic mass is 16.2. The molecule has 134 valence electrons. The van der Waals surface area contributed by atoms with Gasteiger partial charge in [0.2, 0.25) is 5.91 Å². The van der Waals surface area contributed by atoms with Gasteiger partial charge < -0.3 is 5.32 Å². The molecule has 0 aromatic rings. The molecule has 1 N–H and O–H groups in total. The molecule has 5 fully saturated rings. The number of rotatable bonds is 4. The number of hydrogen-bond acceptors (Lipinski definition) is 3. The van der Waals surface area contributed by atoms with Crippen LogP contribution in [0.3, 0.4) is 0 Å². The van der Waals surface area contributed by atoms with Crippen molar-refractivity contribution in [2.45, 2.75) is 57.8 Å². The molecule has 6 unspecified atom stereocenters. The SMILES string of the molecule is C=C1C(=O)C2(C(=O)NCCC3CC4CC5CCCC534)CC(=O)CC1C2. The average Bonchev–Trinajstić information content (AvgIpc) is 3.06. The molecule has 5 rings (SSSR count). The van der Waals surface area contributed by atoms with Crippen LogP contribution in [0.4, 0.5) is 0 Å². The molecule has 5 aliphatic carbocycles. The van der Waals surface area contributed by atoms with Gasteiger partial charge in [-0.15, -0.1) is 0 Å². The Labute approximate surface area is 148 Å². The first-order valence-corrected chi connectivity index (χ1v) is 10.0. The molecule has 1 amide bonds. The lowest BCUT2D eigenvalue weighted by Crippen LogP contribution is -2.60. The standard InChI is InChI=1S/C21H27NO3/c1-12-13-7-17(23)11-20(10-13,18(12)24)19(25)22-6-4-15-9-16-8-14-3-2-5-21(14,15)16/h13-16H,1-11H2,(H,22,25). The van der Waals surface area contributed by atoms with Gasteiger partial charge in [-0.2, -0.15) is 0 Å². The second kappa shape index (κ2) is 5.05. The molecule has 5 saturated carbocycles. The van der Waals surface area contributed by atoms with Gasteiger partial charge in [-0.05, 0) is 73.2 Å². The summed E-state index contributed by atoms with van der Waals surface area (Å²) in [5.74, 6) is 2.17. The Morgan fingerprint density at radius 1 is 1.24 bits per heavy atom. The van der Waals surface area contributed by atoms with E-state index in [1.54, 1.807) is 0 Å². The quantitative estimate of drug-likeness (QED) is 0.632. The third-order valence-electron chi connectivity index (χ3n) is 8.58. The van der Waals surface area contributed by atoms with Gasteiger partial charge in [0.25, 0.3) is 0 Å². The fraction of sp³-hybridized carbons (Fsp3) is 0.762. The molecule has 0 radical (unpaired) electrons. The van der Waals surface area contributed by atoms with E-state index in [-0.39, 0.29) is 29.8 Å². The van der Waals surface area contributed by atoms with Crippen molar-refractivity contribution in [3.8, 4) is 0 Å². The molecule has 25 heavy (non-hydrogen) atoms. The maximum atomic E-state index is 12.8. The van der Waals surface area contributed by atoms with Crippen LogP contribution in [-0.2, 0) is 14.4 Å². The van der Waals surface area contributed by atoms with E-state index < -0.39 is 5.41 Å². The lowest BCUT2D eigenvalue weighted by atomic mass is 9.38. The maximum Gasteiger partial charge on any atom is 0.234 e. The van der Waals surface area contributed by atoms with Gasteiger partial charge in [-0.1, -0.05) is 13.0 Å². The number of ketones is 2. The van der Waals surface area contributed by atoms with E-state index in [4.69, 9.17) is 0 Å². The Hall–Kier alpha value is -1.45. The zero-order chi connectivity index (χ0) is 17.4. The monoisotopic (exact) mass is 341 g/mol. The summed E-state index contributed by atoms with van der Waals surface area (Å²) >= 11 is 0. The summed E-state index contributed by atoms with van der Waals surface area (Å²) in [6.45, 7) is 4.49. The molecule has 4 heteroatoms. The van der Waals surface area contributed by atoms with Gasteiger partial charge in [0.05, 0.1) is 0 Å². The van der Waals surface area contributed by atoms with Crippen molar-refractivity contribution in [2.24, 2.45) is 34.5 Å². The van der Waals surface area contributed by atoms with Gasteiger partial charge >= 0.3 is 0 Å². The molecule has 1 spiro atoms. The minimum atomic E-state index is -1.14. The molecule has 0 saturated heterocycles. The summed E-state index contributed by atoms with van der Waals surface area (Å²) in [6, 6.07) is 0. The molecule has 6 atom stereocenters. The Morgan fingerprint density at radius 2 is 2.08 bits per heavy atom. The second-order valence-electron chi connectivity index (χ2n) is 9.37. The number of amides is 1. The Kier molecular flexibility index (Phi) is 3.19. The topological polar surface area (TPSA) is 63.2 Å². The van der Waals surface area contributed by atoms with Crippen molar-refractivity contribution in [3.05, 3.63) is 12.2 Å². The van der Waals surface area contributed by atoms with Crippen LogP contribution in [0, 0.1) is 34.5 Å². The van der Waals surface area contributed by atoms with Crippen LogP contribution < -0.4 is 5.32 Å². The van der Waals surface area contributed by atoms with Gasteiger partial charge in [-0.3, -0.25) is 14.4 Å². The van der Waals surface area contributed by atoms with E-state index in [1.165, 1.54) is 32.1 Å². The summed E-state index contributed by atoms with van der Waals surface area (Å²) in [7, 11) is 0. The van der Waals surface area contributed by atoms with Crippen molar-refractivity contribution in [2.75, 3.05) is 6.54 Å². The number of carbonyl (C=O) groups is 3. The van der Waals surface area contributed by atoms with E-state index >= 15 is 0 Å². The molecule has 4 nitrogen and oxygen atoms in total. The number of fused-ring (bicyclic) bond motifs is 2. The Bertz CT molecular complexity index is 697. The van der Waals surface area contributed by atoms with Gasteiger partial charge in [0.15, 0.2) is 5.78 Å². The van der Waals surface area contributed by atoms with Crippen molar-refractivity contribution in [1.82, 2.24) is 5.32 Å². The largest absolute Gasteiger partial charge is 0.355 e. The smallest absolute Gasteiger partial charge is 0.234 e. The predicted octanol–water partition coefficient (Wildman–Crippen LogP) is 2.81. The van der Waals surface area contributed by atoms with Crippen LogP contribution in [0.1, 0.15) is 57.8 Å². The van der Waals surface area contributed by atoms with Gasteiger partial charge in [0, 0.05) is 19.4 Å². The highest BCUT2D eigenvalue weighted by Gasteiger charge is 2.67. The van der Waals surface area contributed by atoms with Crippen LogP contribution in [0.2, 0.25) is 0 Å². The minimum Gasteiger partial charge on any atom is -0.355 e. The number of allylic oxidation sites excluding steroid dienone is 1. The fourth-order valence-corrected chi connectivity index (χ4v) is 7.35. The van der Waals surface area contributed by atoms with Gasteiger partial charge in [0.1, 0.15) is 11.2 Å². The lowest BCUT2D eigenvalue weighted by Gasteiger charge is -2.67. The lowest BCUT2D eigenvalue weighted by molar-refractivity contribution is -0.182. The Balaban J connectivity index is 1.22. The summed E-state index contributed by atoms with van der Waals surface area (Å²) in [5, 5.41) is 3.02. The van der Waals surface area contributed by atoms with Crippen molar-refractivity contribution in [3.63, 3.8) is 0 Å². The zero-order valence-corrected chi connectivity index (χ0v) is 14.8. The van der Waals surface area contributed by atoms with E-state index in [1.807, 2.05) is 0 Å². The van der Waals surface area contributed by atoms with Crippen LogP contribution in [-0.4, -0.2) is 24.0 Å². The zero-order valence-electron chi connectivity index (χ0n) is 14.8. The molecule has 0 aromatic heterocycles. The van der Waals surface area contributed by atoms with E-state index in [0.29, 0.717) is 30.4 Å². The fourth-order valence-electron chi connectivity index (χ4n) is 7.35. The van der Waals surface area contributed by atoms with E-state index in [9.17, 15) is 14.4 Å². The highest BCUT2D eigenvalue weighted by molar-refractivity contribution is 6.19. The molecule has 5 aliphatic rings. The minimum absolute atomic E-state index is 0.0300. The summed E-state index contributed by atoms with van der Waals surface area (Å²) in [4.78, 5) is 37.4.